The average Bonchev–Trinajstić information content (AvgIpc) is 3.23. The van der Waals surface area contributed by atoms with E-state index in [9.17, 15) is 9.59 Å². The Kier molecular flexibility index (Phi) is 7.29. The van der Waals surface area contributed by atoms with Crippen molar-refractivity contribution in [1.82, 2.24) is 19.7 Å². The zero-order valence-corrected chi connectivity index (χ0v) is 19.7. The summed E-state index contributed by atoms with van der Waals surface area (Å²) in [4.78, 5) is 28.5. The van der Waals surface area contributed by atoms with E-state index in [-0.39, 0.29) is 11.8 Å². The number of benzene rings is 2. The normalized spacial score (nSPS) is 13.8. The van der Waals surface area contributed by atoms with Gasteiger partial charge in [0.1, 0.15) is 0 Å². The summed E-state index contributed by atoms with van der Waals surface area (Å²) >= 11 is 1.40. The standard InChI is InChI=1S/C24H28N6O2S/c1-3-21(31)25-19-11-9-18(10-12-19)23-26-27-24(28(23)2)33-17-22(32)30-15-13-29(14-16-30)20-7-5-4-6-8-20/h4-12H,3,13-17H2,1-2H3,(H,25,31). The first-order valence-electron chi connectivity index (χ1n) is 11.1. The first kappa shape index (κ1) is 22.8. The Morgan fingerprint density at radius 1 is 0.970 bits per heavy atom. The number of rotatable bonds is 7. The molecule has 0 bridgehead atoms. The second kappa shape index (κ2) is 10.5. The maximum Gasteiger partial charge on any atom is 0.233 e. The topological polar surface area (TPSA) is 83.4 Å². The Bertz CT molecular complexity index is 1090. The van der Waals surface area contributed by atoms with Crippen molar-refractivity contribution in [3.8, 4) is 11.4 Å². The first-order chi connectivity index (χ1) is 16.0. The van der Waals surface area contributed by atoms with E-state index in [1.54, 1.807) is 0 Å². The Balaban J connectivity index is 1.31. The number of nitrogens with zero attached hydrogens (tertiary/aromatic N) is 5. The summed E-state index contributed by atoms with van der Waals surface area (Å²) in [5.41, 5.74) is 2.85. The molecule has 2 heterocycles. The molecule has 1 N–H and O–H groups in total. The van der Waals surface area contributed by atoms with Crippen LogP contribution < -0.4 is 10.2 Å². The lowest BCUT2D eigenvalue weighted by atomic mass is 10.2. The van der Waals surface area contributed by atoms with Crippen LogP contribution in [0.5, 0.6) is 0 Å². The van der Waals surface area contributed by atoms with Gasteiger partial charge in [0.2, 0.25) is 11.8 Å². The minimum absolute atomic E-state index is 0.0220. The third-order valence-electron chi connectivity index (χ3n) is 5.66. The lowest BCUT2D eigenvalue weighted by Crippen LogP contribution is -2.49. The third kappa shape index (κ3) is 5.54. The van der Waals surface area contributed by atoms with Crippen molar-refractivity contribution in [3.05, 3.63) is 54.6 Å². The number of piperazine rings is 1. The maximum absolute atomic E-state index is 12.7. The van der Waals surface area contributed by atoms with Crippen LogP contribution in [0.25, 0.3) is 11.4 Å². The van der Waals surface area contributed by atoms with Crippen molar-refractivity contribution >= 4 is 35.0 Å². The molecule has 0 atom stereocenters. The van der Waals surface area contributed by atoms with E-state index in [1.807, 2.05) is 65.9 Å². The van der Waals surface area contributed by atoms with Gasteiger partial charge in [-0.3, -0.25) is 9.59 Å². The van der Waals surface area contributed by atoms with Gasteiger partial charge in [-0.15, -0.1) is 10.2 Å². The molecule has 0 unspecified atom stereocenters. The Morgan fingerprint density at radius 3 is 2.33 bits per heavy atom. The molecule has 4 rings (SSSR count). The quantitative estimate of drug-likeness (QED) is 0.541. The number of anilines is 2. The van der Waals surface area contributed by atoms with Crippen LogP contribution in [0.15, 0.2) is 59.8 Å². The summed E-state index contributed by atoms with van der Waals surface area (Å²) in [7, 11) is 1.90. The summed E-state index contributed by atoms with van der Waals surface area (Å²) in [6.07, 6.45) is 0.438. The molecule has 1 aliphatic heterocycles. The van der Waals surface area contributed by atoms with Gasteiger partial charge in [-0.25, -0.2) is 0 Å². The van der Waals surface area contributed by atoms with E-state index in [0.717, 1.165) is 43.3 Å². The number of nitrogens with one attached hydrogen (secondary N) is 1. The molecule has 172 valence electrons. The number of aromatic nitrogens is 3. The van der Waals surface area contributed by atoms with Crippen molar-refractivity contribution < 1.29 is 9.59 Å². The number of para-hydroxylation sites is 1. The van der Waals surface area contributed by atoms with Gasteiger partial charge in [-0.1, -0.05) is 36.9 Å². The SMILES string of the molecule is CCC(=O)Nc1ccc(-c2nnc(SCC(=O)N3CCN(c4ccccc4)CC3)n2C)cc1. The summed E-state index contributed by atoms with van der Waals surface area (Å²) in [6, 6.07) is 17.8. The number of hydrogen-bond acceptors (Lipinski definition) is 6. The molecule has 8 nitrogen and oxygen atoms in total. The van der Waals surface area contributed by atoms with Gasteiger partial charge in [0, 0.05) is 56.6 Å². The molecule has 0 radical (unpaired) electrons. The highest BCUT2D eigenvalue weighted by Gasteiger charge is 2.22. The average molecular weight is 465 g/mol. The smallest absolute Gasteiger partial charge is 0.233 e. The molecule has 1 aliphatic rings. The molecular formula is C24H28N6O2S. The first-order valence-corrected chi connectivity index (χ1v) is 12.0. The summed E-state index contributed by atoms with van der Waals surface area (Å²) in [5, 5.41) is 12.1. The Labute approximate surface area is 198 Å². The predicted molar refractivity (Wildman–Crippen MR) is 131 cm³/mol. The van der Waals surface area contributed by atoms with Crippen LogP contribution in [0, 0.1) is 0 Å². The van der Waals surface area contributed by atoms with Crippen LogP contribution in [0.1, 0.15) is 13.3 Å². The van der Waals surface area contributed by atoms with Gasteiger partial charge in [-0.05, 0) is 36.4 Å². The highest BCUT2D eigenvalue weighted by Crippen LogP contribution is 2.24. The lowest BCUT2D eigenvalue weighted by molar-refractivity contribution is -0.128. The minimum Gasteiger partial charge on any atom is -0.368 e. The zero-order chi connectivity index (χ0) is 23.2. The summed E-state index contributed by atoms with van der Waals surface area (Å²) in [5.74, 6) is 1.15. The van der Waals surface area contributed by atoms with Crippen LogP contribution >= 0.6 is 11.8 Å². The summed E-state index contributed by atoms with van der Waals surface area (Å²) in [6.45, 7) is 4.93. The summed E-state index contributed by atoms with van der Waals surface area (Å²) < 4.78 is 1.89. The van der Waals surface area contributed by atoms with Crippen LogP contribution in [-0.4, -0.2) is 63.4 Å². The molecule has 1 aromatic heterocycles. The van der Waals surface area contributed by atoms with Crippen molar-refractivity contribution in [2.24, 2.45) is 7.05 Å². The zero-order valence-electron chi connectivity index (χ0n) is 18.9. The third-order valence-corrected chi connectivity index (χ3v) is 6.67. The molecule has 33 heavy (non-hydrogen) atoms. The van der Waals surface area contributed by atoms with Crippen molar-refractivity contribution in [1.29, 1.82) is 0 Å². The molecule has 0 saturated carbocycles. The largest absolute Gasteiger partial charge is 0.368 e. The molecule has 0 spiro atoms. The number of amides is 2. The van der Waals surface area contributed by atoms with E-state index in [0.29, 0.717) is 17.3 Å². The van der Waals surface area contributed by atoms with Gasteiger partial charge in [-0.2, -0.15) is 0 Å². The van der Waals surface area contributed by atoms with Crippen LogP contribution in [0.3, 0.4) is 0 Å². The number of carbonyl (C=O) groups is 2. The van der Waals surface area contributed by atoms with Crippen LogP contribution in [0.4, 0.5) is 11.4 Å². The second-order valence-corrected chi connectivity index (χ2v) is 8.78. The van der Waals surface area contributed by atoms with Crippen molar-refractivity contribution in [2.75, 3.05) is 42.1 Å². The molecule has 3 aromatic rings. The molecule has 9 heteroatoms. The molecule has 1 saturated heterocycles. The predicted octanol–water partition coefficient (Wildman–Crippen LogP) is 3.27. The van der Waals surface area contributed by atoms with E-state index in [4.69, 9.17) is 0 Å². The fourth-order valence-electron chi connectivity index (χ4n) is 3.71. The Hall–Kier alpha value is -3.33. The molecule has 2 aromatic carbocycles. The lowest BCUT2D eigenvalue weighted by Gasteiger charge is -2.36. The van der Waals surface area contributed by atoms with E-state index < -0.39 is 0 Å². The Morgan fingerprint density at radius 2 is 1.67 bits per heavy atom. The second-order valence-electron chi connectivity index (χ2n) is 7.84. The molecule has 2 amide bonds. The van der Waals surface area contributed by atoms with E-state index in [2.05, 4.69) is 32.5 Å². The molecule has 1 fully saturated rings. The van der Waals surface area contributed by atoms with Crippen LogP contribution in [-0.2, 0) is 16.6 Å². The highest BCUT2D eigenvalue weighted by molar-refractivity contribution is 7.99. The fourth-order valence-corrected chi connectivity index (χ4v) is 4.53. The molecular weight excluding hydrogens is 436 g/mol. The minimum atomic E-state index is -0.0220. The highest BCUT2D eigenvalue weighted by atomic mass is 32.2. The van der Waals surface area contributed by atoms with Crippen molar-refractivity contribution in [3.63, 3.8) is 0 Å². The van der Waals surface area contributed by atoms with Gasteiger partial charge in [0.15, 0.2) is 11.0 Å². The van der Waals surface area contributed by atoms with Crippen LogP contribution in [0.2, 0.25) is 0 Å². The number of carbonyl (C=O) groups excluding carboxylic acids is 2. The monoisotopic (exact) mass is 464 g/mol. The van der Waals surface area contributed by atoms with E-state index in [1.165, 1.54) is 17.4 Å². The van der Waals surface area contributed by atoms with Crippen molar-refractivity contribution in [2.45, 2.75) is 18.5 Å². The van der Waals surface area contributed by atoms with Gasteiger partial charge in [0.25, 0.3) is 0 Å². The van der Waals surface area contributed by atoms with Gasteiger partial charge in [0.05, 0.1) is 5.75 Å². The number of hydrogen-bond donors (Lipinski definition) is 1. The maximum atomic E-state index is 12.7. The fraction of sp³-hybridized carbons (Fsp3) is 0.333. The molecule has 0 aliphatic carbocycles. The van der Waals surface area contributed by atoms with Gasteiger partial charge >= 0.3 is 0 Å². The van der Waals surface area contributed by atoms with E-state index >= 15 is 0 Å². The van der Waals surface area contributed by atoms with Gasteiger partial charge < -0.3 is 19.7 Å². The number of thioether (sulfide) groups is 1.